The van der Waals surface area contributed by atoms with E-state index in [1.165, 1.54) is 0 Å². The quantitative estimate of drug-likeness (QED) is 0.383. The first-order valence-corrected chi connectivity index (χ1v) is 13.4. The van der Waals surface area contributed by atoms with Gasteiger partial charge in [-0.15, -0.1) is 0 Å². The van der Waals surface area contributed by atoms with Gasteiger partial charge in [-0.3, -0.25) is 4.68 Å². The lowest BCUT2D eigenvalue weighted by molar-refractivity contribution is 0.0186. The average molecular weight is 582 g/mol. The Morgan fingerprint density at radius 3 is 2.50 bits per heavy atom. The zero-order valence-corrected chi connectivity index (χ0v) is 23.5. The van der Waals surface area contributed by atoms with Crippen molar-refractivity contribution >= 4 is 61.2 Å². The van der Waals surface area contributed by atoms with E-state index in [1.807, 2.05) is 31.6 Å². The van der Waals surface area contributed by atoms with Crippen molar-refractivity contribution in [2.24, 2.45) is 0 Å². The summed E-state index contributed by atoms with van der Waals surface area (Å²) in [6.45, 7) is 8.36. The minimum absolute atomic E-state index is 0.0519. The normalized spacial score (nSPS) is 17.9. The van der Waals surface area contributed by atoms with Crippen molar-refractivity contribution in [3.8, 4) is 0 Å². The van der Waals surface area contributed by atoms with Gasteiger partial charge in [0.1, 0.15) is 16.9 Å². The van der Waals surface area contributed by atoms with Crippen LogP contribution in [0, 0.1) is 5.82 Å². The fourth-order valence-corrected chi connectivity index (χ4v) is 5.42. The van der Waals surface area contributed by atoms with Crippen LogP contribution in [0.2, 0.25) is 5.02 Å². The topological polar surface area (TPSA) is 66.7 Å². The molecule has 0 bridgehead atoms. The first-order chi connectivity index (χ1) is 16.9. The number of aromatic nitrogens is 3. The van der Waals surface area contributed by atoms with Crippen molar-refractivity contribution in [1.29, 1.82) is 0 Å². The number of carbonyl (C=O) groups is 1. The Hall–Kier alpha value is -2.17. The molecule has 0 unspecified atom stereocenters. The second-order valence-electron chi connectivity index (χ2n) is 10.9. The molecule has 0 saturated carbocycles. The van der Waals surface area contributed by atoms with Crippen molar-refractivity contribution in [2.45, 2.75) is 51.3 Å². The zero-order chi connectivity index (χ0) is 25.9. The number of nitrogens with zero attached hydrogens (tertiary/aromatic N) is 6. The molecule has 11 heteroatoms. The fourth-order valence-electron chi connectivity index (χ4n) is 4.93. The van der Waals surface area contributed by atoms with E-state index in [0.717, 1.165) is 29.8 Å². The van der Waals surface area contributed by atoms with Crippen molar-refractivity contribution < 1.29 is 13.9 Å². The number of carbonyl (C=O) groups excluding carboxylic acids is 1. The number of halogens is 3. The van der Waals surface area contributed by atoms with Crippen LogP contribution in [-0.4, -0.2) is 82.6 Å². The number of fused-ring (bicyclic) bond motifs is 3. The van der Waals surface area contributed by atoms with Gasteiger partial charge < -0.3 is 19.4 Å². The van der Waals surface area contributed by atoms with Crippen LogP contribution in [0.4, 0.5) is 15.0 Å². The number of pyridine rings is 1. The summed E-state index contributed by atoms with van der Waals surface area (Å²) in [4.78, 5) is 23.4. The summed E-state index contributed by atoms with van der Waals surface area (Å²) in [5.74, 6) is 0.263. The molecule has 0 atom stereocenters. The smallest absolute Gasteiger partial charge is 0.410 e. The second kappa shape index (κ2) is 9.29. The molecule has 5 rings (SSSR count). The van der Waals surface area contributed by atoms with Gasteiger partial charge in [0.25, 0.3) is 0 Å². The van der Waals surface area contributed by atoms with E-state index in [-0.39, 0.29) is 22.1 Å². The van der Waals surface area contributed by atoms with E-state index in [1.54, 1.807) is 11.0 Å². The monoisotopic (exact) mass is 580 g/mol. The Kier molecular flexibility index (Phi) is 6.58. The Bertz CT molecular complexity index is 1330. The second-order valence-corrected chi connectivity index (χ2v) is 12.1. The lowest BCUT2D eigenvalue weighted by Gasteiger charge is -2.43. The average Bonchev–Trinajstić information content (AvgIpc) is 3.21. The number of hydrogen-bond donors (Lipinski definition) is 0. The third-order valence-corrected chi connectivity index (χ3v) is 8.30. The Labute approximate surface area is 223 Å². The summed E-state index contributed by atoms with van der Waals surface area (Å²) in [6.07, 6.45) is 2.96. The highest BCUT2D eigenvalue weighted by molar-refractivity contribution is 9.10. The van der Waals surface area contributed by atoms with E-state index < -0.39 is 11.4 Å². The molecule has 2 aliphatic rings. The molecule has 1 aromatic carbocycles. The molecule has 3 aromatic rings. The number of likely N-dealkylation sites (N-methyl/N-ethyl adjacent to an activating group) is 1. The molecule has 2 aromatic heterocycles. The molecule has 36 heavy (non-hydrogen) atoms. The lowest BCUT2D eigenvalue weighted by atomic mass is 10.0. The van der Waals surface area contributed by atoms with E-state index in [2.05, 4.69) is 39.8 Å². The van der Waals surface area contributed by atoms with Crippen LogP contribution in [-0.2, 0) is 4.74 Å². The van der Waals surface area contributed by atoms with E-state index in [4.69, 9.17) is 26.4 Å². The molecular weight excluding hydrogens is 551 g/mol. The summed E-state index contributed by atoms with van der Waals surface area (Å²) in [7, 11) is 4.12. The number of rotatable bonds is 3. The van der Waals surface area contributed by atoms with Gasteiger partial charge in [0.15, 0.2) is 5.82 Å². The third kappa shape index (κ3) is 4.52. The third-order valence-electron chi connectivity index (χ3n) is 7.00. The molecule has 0 aliphatic carbocycles. The molecule has 2 aliphatic heterocycles. The minimum Gasteiger partial charge on any atom is -0.444 e. The maximum atomic E-state index is 15.4. The molecule has 0 N–H and O–H groups in total. The molecule has 2 saturated heterocycles. The van der Waals surface area contributed by atoms with Crippen LogP contribution < -0.4 is 4.90 Å². The van der Waals surface area contributed by atoms with Crippen LogP contribution in [0.1, 0.15) is 39.7 Å². The van der Waals surface area contributed by atoms with Crippen LogP contribution >= 0.6 is 27.5 Å². The minimum atomic E-state index is -0.533. The number of amides is 1. The Morgan fingerprint density at radius 1 is 1.22 bits per heavy atom. The number of ether oxygens (including phenoxy) is 1. The molecule has 0 radical (unpaired) electrons. The van der Waals surface area contributed by atoms with Crippen LogP contribution in [0.15, 0.2) is 16.7 Å². The van der Waals surface area contributed by atoms with Gasteiger partial charge in [-0.1, -0.05) is 11.6 Å². The predicted octanol–water partition coefficient (Wildman–Crippen LogP) is 5.46. The van der Waals surface area contributed by atoms with E-state index in [0.29, 0.717) is 42.4 Å². The number of anilines is 1. The van der Waals surface area contributed by atoms with Crippen molar-refractivity contribution in [1.82, 2.24) is 24.6 Å². The van der Waals surface area contributed by atoms with Gasteiger partial charge in [-0.2, -0.15) is 5.10 Å². The summed E-state index contributed by atoms with van der Waals surface area (Å²) < 4.78 is 23.1. The molecule has 8 nitrogen and oxygen atoms in total. The lowest BCUT2D eigenvalue weighted by Crippen LogP contribution is -2.57. The molecule has 4 heterocycles. The summed E-state index contributed by atoms with van der Waals surface area (Å²) in [5.41, 5.74) is 0.566. The van der Waals surface area contributed by atoms with Gasteiger partial charge in [0.2, 0.25) is 0 Å². The van der Waals surface area contributed by atoms with Gasteiger partial charge in [0.05, 0.1) is 32.6 Å². The maximum Gasteiger partial charge on any atom is 0.410 e. The highest BCUT2D eigenvalue weighted by Gasteiger charge is 2.34. The maximum absolute atomic E-state index is 15.4. The molecule has 0 spiro atoms. The summed E-state index contributed by atoms with van der Waals surface area (Å²) in [6, 6.07) is 2.23. The van der Waals surface area contributed by atoms with Crippen molar-refractivity contribution in [3.05, 3.63) is 27.6 Å². The van der Waals surface area contributed by atoms with Crippen LogP contribution in [0.25, 0.3) is 21.8 Å². The predicted molar refractivity (Wildman–Crippen MR) is 143 cm³/mol. The molecule has 194 valence electrons. The van der Waals surface area contributed by atoms with Crippen molar-refractivity contribution in [2.75, 3.05) is 45.2 Å². The Balaban J connectivity index is 1.53. The number of piperidine rings is 1. The highest BCUT2D eigenvalue weighted by atomic mass is 79.9. The van der Waals surface area contributed by atoms with Gasteiger partial charge >= 0.3 is 6.09 Å². The summed E-state index contributed by atoms with van der Waals surface area (Å²) in [5, 5.41) is 6.57. The number of hydrogen-bond acceptors (Lipinski definition) is 6. The van der Waals surface area contributed by atoms with Crippen molar-refractivity contribution in [3.63, 3.8) is 0 Å². The molecule has 2 fully saturated rings. The zero-order valence-electron chi connectivity index (χ0n) is 21.2. The first-order valence-electron chi connectivity index (χ1n) is 12.2. The van der Waals surface area contributed by atoms with Gasteiger partial charge in [0, 0.05) is 37.6 Å². The molecular formula is C25H31BrClFN6O2. The molecule has 1 amide bonds. The van der Waals surface area contributed by atoms with E-state index >= 15 is 4.39 Å². The van der Waals surface area contributed by atoms with E-state index in [9.17, 15) is 4.79 Å². The largest absolute Gasteiger partial charge is 0.444 e. The summed E-state index contributed by atoms with van der Waals surface area (Å²) >= 11 is 9.65. The number of likely N-dealkylation sites (tertiary alicyclic amines) is 1. The van der Waals surface area contributed by atoms with Gasteiger partial charge in [-0.25, -0.2) is 14.2 Å². The van der Waals surface area contributed by atoms with Crippen LogP contribution in [0.3, 0.4) is 0 Å². The highest BCUT2D eigenvalue weighted by Crippen LogP contribution is 2.40. The standard InChI is InChI=1S/C25H31BrClFN6O2/c1-25(2,3)36-24(35)32-8-6-14(7-9-32)34-22-16-10-18(27)19(26)20(28)21(16)30-23(17(22)11-29-34)33-12-15(13-33)31(4)5/h10-11,14-15H,6-9,12-13H2,1-5H3. The SMILES string of the molecule is CN(C)C1CN(c2nc3c(F)c(Br)c(Cl)cc3c3c2cnn3C2CCN(C(=O)OC(C)(C)C)CC2)C1. The fraction of sp³-hybridized carbons (Fsp3) is 0.560. The van der Waals surface area contributed by atoms with Gasteiger partial charge in [-0.05, 0) is 69.7 Å². The van der Waals surface area contributed by atoms with Crippen LogP contribution in [0.5, 0.6) is 0 Å². The first kappa shape index (κ1) is 25.5. The Morgan fingerprint density at radius 2 is 1.89 bits per heavy atom. The number of benzene rings is 1.